The second-order valence-corrected chi connectivity index (χ2v) is 9.28. The molecule has 124 valence electrons. The maximum Gasteiger partial charge on any atom is 0.0409 e. The largest absolute Gasteiger partial charge is 0.313 e. The van der Waals surface area contributed by atoms with Crippen molar-refractivity contribution in [2.45, 2.75) is 84.2 Å². The van der Waals surface area contributed by atoms with Crippen molar-refractivity contribution in [2.24, 2.45) is 28.6 Å². The van der Waals surface area contributed by atoms with Crippen LogP contribution in [0.3, 0.4) is 0 Å². The van der Waals surface area contributed by atoms with Gasteiger partial charge in [-0.2, -0.15) is 5.06 Å². The molecule has 0 aromatic carbocycles. The van der Waals surface area contributed by atoms with Crippen LogP contribution in [-0.2, 0) is 0 Å². The third kappa shape index (κ3) is 1.74. The minimum absolute atomic E-state index is 0.316. The Labute approximate surface area is 135 Å². The van der Waals surface area contributed by atoms with Gasteiger partial charge in [0.15, 0.2) is 0 Å². The molecule has 0 aromatic rings. The maximum atomic E-state index is 11.0. The molecule has 0 aromatic heterocycles. The lowest BCUT2D eigenvalue weighted by Gasteiger charge is -2.64. The third-order valence-corrected chi connectivity index (χ3v) is 8.63. The van der Waals surface area contributed by atoms with Gasteiger partial charge in [-0.3, -0.25) is 0 Å². The van der Waals surface area contributed by atoms with E-state index in [1.54, 1.807) is 5.06 Å². The molecule has 2 nitrogen and oxygen atoms in total. The number of hydrogen-bond acceptors (Lipinski definition) is 2. The fourth-order valence-corrected chi connectivity index (χ4v) is 7.21. The summed E-state index contributed by atoms with van der Waals surface area (Å²) in [6.07, 6.45) is 10.3. The van der Waals surface area contributed by atoms with Gasteiger partial charge in [0, 0.05) is 12.1 Å². The van der Waals surface area contributed by atoms with Gasteiger partial charge in [0.25, 0.3) is 0 Å². The lowest BCUT2D eigenvalue weighted by molar-refractivity contribution is -0.271. The van der Waals surface area contributed by atoms with Crippen molar-refractivity contribution in [3.05, 3.63) is 12.2 Å². The number of hydroxylamine groups is 2. The first-order valence-electron chi connectivity index (χ1n) is 9.55. The van der Waals surface area contributed by atoms with E-state index >= 15 is 0 Å². The topological polar surface area (TPSA) is 23.5 Å². The van der Waals surface area contributed by atoms with E-state index < -0.39 is 0 Å². The highest BCUT2D eigenvalue weighted by Crippen LogP contribution is 2.65. The van der Waals surface area contributed by atoms with Crippen LogP contribution in [0.15, 0.2) is 12.2 Å². The molecule has 7 unspecified atom stereocenters. The number of rotatable bonds is 0. The summed E-state index contributed by atoms with van der Waals surface area (Å²) in [5.41, 5.74) is 2.16. The molecular weight excluding hydrogens is 270 g/mol. The maximum absolute atomic E-state index is 11.0. The Balaban J connectivity index is 1.74. The molecule has 3 aliphatic carbocycles. The molecule has 0 amide bonds. The zero-order valence-electron chi connectivity index (χ0n) is 14.6. The van der Waals surface area contributed by atoms with Crippen LogP contribution in [-0.4, -0.2) is 22.4 Å². The van der Waals surface area contributed by atoms with E-state index in [2.05, 4.69) is 27.4 Å². The van der Waals surface area contributed by atoms with Gasteiger partial charge in [-0.05, 0) is 74.0 Å². The zero-order chi connectivity index (χ0) is 15.7. The molecule has 3 saturated carbocycles. The van der Waals surface area contributed by atoms with Crippen molar-refractivity contribution in [1.29, 1.82) is 0 Å². The van der Waals surface area contributed by atoms with Crippen molar-refractivity contribution in [1.82, 2.24) is 5.06 Å². The SMILES string of the molecule is C=C1CCC2C3C(C)N(O)C4CCCCC4(C)C3CCC12C. The molecule has 22 heavy (non-hydrogen) atoms. The van der Waals surface area contributed by atoms with E-state index in [4.69, 9.17) is 0 Å². The summed E-state index contributed by atoms with van der Waals surface area (Å²) < 4.78 is 0. The van der Waals surface area contributed by atoms with Crippen LogP contribution < -0.4 is 0 Å². The first kappa shape index (κ1) is 15.2. The summed E-state index contributed by atoms with van der Waals surface area (Å²) in [6, 6.07) is 0.711. The Bertz CT molecular complexity index is 488. The Morgan fingerprint density at radius 3 is 2.64 bits per heavy atom. The average molecular weight is 303 g/mol. The van der Waals surface area contributed by atoms with Gasteiger partial charge in [-0.15, -0.1) is 0 Å². The van der Waals surface area contributed by atoms with Gasteiger partial charge in [-0.1, -0.05) is 38.8 Å². The van der Waals surface area contributed by atoms with Crippen molar-refractivity contribution in [3.63, 3.8) is 0 Å². The lowest BCUT2D eigenvalue weighted by atomic mass is 9.47. The van der Waals surface area contributed by atoms with E-state index in [1.165, 1.54) is 56.9 Å². The second-order valence-electron chi connectivity index (χ2n) is 9.28. The van der Waals surface area contributed by atoms with Gasteiger partial charge in [0.1, 0.15) is 0 Å². The molecule has 1 aliphatic heterocycles. The number of fused-ring (bicyclic) bond motifs is 5. The Hall–Kier alpha value is -0.340. The van der Waals surface area contributed by atoms with Crippen LogP contribution in [0.25, 0.3) is 0 Å². The summed E-state index contributed by atoms with van der Waals surface area (Å²) >= 11 is 0. The third-order valence-electron chi connectivity index (χ3n) is 8.63. The first-order chi connectivity index (χ1) is 10.4. The van der Waals surface area contributed by atoms with E-state index in [-0.39, 0.29) is 0 Å². The lowest BCUT2D eigenvalue weighted by Crippen LogP contribution is -2.66. The predicted octanol–water partition coefficient (Wildman–Crippen LogP) is 5.03. The highest BCUT2D eigenvalue weighted by Gasteiger charge is 2.62. The molecule has 4 fully saturated rings. The van der Waals surface area contributed by atoms with Crippen molar-refractivity contribution < 1.29 is 5.21 Å². The molecule has 1 N–H and O–H groups in total. The highest BCUT2D eigenvalue weighted by molar-refractivity contribution is 5.22. The average Bonchev–Trinajstić information content (AvgIpc) is 2.80. The Morgan fingerprint density at radius 2 is 1.86 bits per heavy atom. The summed E-state index contributed by atoms with van der Waals surface area (Å²) in [6.45, 7) is 11.7. The molecular formula is C20H33NO. The molecule has 4 aliphatic rings. The summed E-state index contributed by atoms with van der Waals surface area (Å²) in [5.74, 6) is 2.20. The van der Waals surface area contributed by atoms with E-state index in [0.717, 1.165) is 11.8 Å². The van der Waals surface area contributed by atoms with E-state index in [0.29, 0.717) is 28.8 Å². The fourth-order valence-electron chi connectivity index (χ4n) is 7.21. The molecule has 0 spiro atoms. The molecule has 4 rings (SSSR count). The Kier molecular flexibility index (Phi) is 3.34. The normalized spacial score (nSPS) is 55.5. The predicted molar refractivity (Wildman–Crippen MR) is 89.6 cm³/mol. The number of hydrogen-bond donors (Lipinski definition) is 1. The molecule has 2 heteroatoms. The number of piperidine rings is 1. The van der Waals surface area contributed by atoms with Gasteiger partial charge < -0.3 is 5.21 Å². The number of allylic oxidation sites excluding steroid dienone is 1. The highest BCUT2D eigenvalue weighted by atomic mass is 16.5. The van der Waals surface area contributed by atoms with Crippen molar-refractivity contribution in [2.75, 3.05) is 0 Å². The van der Waals surface area contributed by atoms with E-state index in [9.17, 15) is 5.21 Å². The van der Waals surface area contributed by atoms with Crippen molar-refractivity contribution in [3.8, 4) is 0 Å². The minimum Gasteiger partial charge on any atom is -0.313 e. The van der Waals surface area contributed by atoms with Gasteiger partial charge in [-0.25, -0.2) is 0 Å². The van der Waals surface area contributed by atoms with Crippen LogP contribution in [0.1, 0.15) is 72.1 Å². The summed E-state index contributed by atoms with van der Waals surface area (Å²) in [7, 11) is 0. The molecule has 0 radical (unpaired) electrons. The van der Waals surface area contributed by atoms with Gasteiger partial charge >= 0.3 is 0 Å². The van der Waals surface area contributed by atoms with Crippen LogP contribution in [0.4, 0.5) is 0 Å². The fraction of sp³-hybridized carbons (Fsp3) is 0.900. The molecule has 0 bridgehead atoms. The van der Waals surface area contributed by atoms with Crippen LogP contribution in [0.5, 0.6) is 0 Å². The zero-order valence-corrected chi connectivity index (χ0v) is 14.6. The quantitative estimate of drug-likeness (QED) is 0.635. The first-order valence-corrected chi connectivity index (χ1v) is 9.55. The van der Waals surface area contributed by atoms with Crippen LogP contribution >= 0.6 is 0 Å². The van der Waals surface area contributed by atoms with Crippen molar-refractivity contribution >= 4 is 0 Å². The monoisotopic (exact) mass is 303 g/mol. The Morgan fingerprint density at radius 1 is 1.09 bits per heavy atom. The molecule has 1 heterocycles. The molecule has 7 atom stereocenters. The van der Waals surface area contributed by atoms with E-state index in [1.807, 2.05) is 0 Å². The molecule has 1 saturated heterocycles. The van der Waals surface area contributed by atoms with Crippen LogP contribution in [0, 0.1) is 28.6 Å². The second kappa shape index (κ2) is 4.83. The standard InChI is InChI=1S/C20H33NO/c1-13-8-9-15-18-14(2)21(22)17-7-5-6-11-20(17,4)16(18)10-12-19(13,15)3/h14-18,22H,1,5-12H2,2-4H3. The van der Waals surface area contributed by atoms with Gasteiger partial charge in [0.05, 0.1) is 0 Å². The number of nitrogens with zero attached hydrogens (tertiary/aromatic N) is 1. The van der Waals surface area contributed by atoms with Gasteiger partial charge in [0.2, 0.25) is 0 Å². The summed E-state index contributed by atoms with van der Waals surface area (Å²) in [4.78, 5) is 0. The van der Waals surface area contributed by atoms with Crippen LogP contribution in [0.2, 0.25) is 0 Å². The summed E-state index contributed by atoms with van der Waals surface area (Å²) in [5, 5.41) is 12.8. The smallest absolute Gasteiger partial charge is 0.0409 e. The minimum atomic E-state index is 0.316.